The molecule has 0 saturated carbocycles. The van der Waals surface area contributed by atoms with Gasteiger partial charge in [0.2, 0.25) is 0 Å². The highest BCUT2D eigenvalue weighted by molar-refractivity contribution is 5.98. The molecular formula is C22H19FN4O2. The number of pyridine rings is 1. The van der Waals surface area contributed by atoms with Crippen molar-refractivity contribution in [3.05, 3.63) is 81.7 Å². The molecule has 146 valence electrons. The summed E-state index contributed by atoms with van der Waals surface area (Å²) in [6.07, 6.45) is 0. The number of aromatic amines is 2. The van der Waals surface area contributed by atoms with Gasteiger partial charge in [0.05, 0.1) is 11.4 Å². The fourth-order valence-corrected chi connectivity index (χ4v) is 4.18. The van der Waals surface area contributed by atoms with Crippen molar-refractivity contribution in [3.8, 4) is 0 Å². The van der Waals surface area contributed by atoms with Crippen molar-refractivity contribution in [2.75, 3.05) is 13.6 Å². The lowest BCUT2D eigenvalue weighted by Gasteiger charge is -2.34. The maximum Gasteiger partial charge on any atom is 0.270 e. The highest BCUT2D eigenvalue weighted by Gasteiger charge is 2.30. The zero-order valence-electron chi connectivity index (χ0n) is 15.8. The van der Waals surface area contributed by atoms with Crippen LogP contribution in [0.3, 0.4) is 0 Å². The van der Waals surface area contributed by atoms with Gasteiger partial charge in [0.1, 0.15) is 11.5 Å². The summed E-state index contributed by atoms with van der Waals surface area (Å²) in [5.41, 5.74) is 2.65. The molecule has 0 fully saturated rings. The van der Waals surface area contributed by atoms with Gasteiger partial charge in [-0.05, 0) is 29.7 Å². The molecule has 1 aliphatic rings. The number of hydrogen-bond acceptors (Lipinski definition) is 3. The van der Waals surface area contributed by atoms with E-state index < -0.39 is 5.82 Å². The summed E-state index contributed by atoms with van der Waals surface area (Å²) in [6.45, 7) is 1.02. The number of benzene rings is 2. The van der Waals surface area contributed by atoms with E-state index in [1.807, 2.05) is 30.3 Å². The Balaban J connectivity index is 1.60. The van der Waals surface area contributed by atoms with E-state index in [0.717, 1.165) is 22.2 Å². The summed E-state index contributed by atoms with van der Waals surface area (Å²) in [6, 6.07) is 13.5. The number of rotatable bonds is 2. The van der Waals surface area contributed by atoms with Crippen molar-refractivity contribution in [3.63, 3.8) is 0 Å². The number of carbonyl (C=O) groups is 1. The van der Waals surface area contributed by atoms with Crippen molar-refractivity contribution < 1.29 is 9.18 Å². The van der Waals surface area contributed by atoms with Crippen LogP contribution < -0.4 is 10.9 Å². The fourth-order valence-electron chi connectivity index (χ4n) is 4.18. The number of nitrogens with one attached hydrogen (secondary N) is 3. The third-order valence-electron chi connectivity index (χ3n) is 5.63. The van der Waals surface area contributed by atoms with Gasteiger partial charge < -0.3 is 20.2 Å². The number of amides is 1. The number of fused-ring (bicyclic) bond motifs is 4. The second-order valence-corrected chi connectivity index (χ2v) is 7.37. The molecule has 3 N–H and O–H groups in total. The van der Waals surface area contributed by atoms with Crippen LogP contribution in [0.1, 0.15) is 27.8 Å². The molecule has 2 aromatic carbocycles. The Hall–Kier alpha value is -3.45. The molecule has 4 aromatic rings. The second kappa shape index (κ2) is 6.56. The topological polar surface area (TPSA) is 81.0 Å². The van der Waals surface area contributed by atoms with Gasteiger partial charge in [-0.1, -0.05) is 24.3 Å². The van der Waals surface area contributed by atoms with E-state index in [9.17, 15) is 14.0 Å². The number of halogens is 1. The Morgan fingerprint density at radius 3 is 2.76 bits per heavy atom. The molecule has 0 saturated heterocycles. The molecule has 1 unspecified atom stereocenters. The van der Waals surface area contributed by atoms with E-state index in [2.05, 4.69) is 15.3 Å². The lowest BCUT2D eigenvalue weighted by Crippen LogP contribution is -2.42. The van der Waals surface area contributed by atoms with Crippen LogP contribution in [0.5, 0.6) is 0 Å². The molecule has 0 radical (unpaired) electrons. The lowest BCUT2D eigenvalue weighted by atomic mass is 9.94. The Labute approximate surface area is 165 Å². The van der Waals surface area contributed by atoms with Crippen LogP contribution in [-0.4, -0.2) is 34.4 Å². The average Bonchev–Trinajstić information content (AvgIpc) is 3.16. The summed E-state index contributed by atoms with van der Waals surface area (Å²) in [5.74, 6) is -0.613. The molecule has 1 amide bonds. The molecule has 6 nitrogen and oxygen atoms in total. The van der Waals surface area contributed by atoms with Crippen LogP contribution in [0, 0.1) is 5.82 Å². The first kappa shape index (κ1) is 17.6. The summed E-state index contributed by atoms with van der Waals surface area (Å²) < 4.78 is 13.7. The maximum absolute atomic E-state index is 13.7. The smallest absolute Gasteiger partial charge is 0.270 e. The van der Waals surface area contributed by atoms with E-state index in [1.54, 1.807) is 18.0 Å². The number of hydrogen-bond donors (Lipinski definition) is 3. The summed E-state index contributed by atoms with van der Waals surface area (Å²) in [7, 11) is 1.75. The molecule has 5 rings (SSSR count). The van der Waals surface area contributed by atoms with E-state index in [0.29, 0.717) is 29.6 Å². The average molecular weight is 390 g/mol. The number of para-hydroxylation sites is 1. The molecule has 7 heteroatoms. The zero-order valence-corrected chi connectivity index (χ0v) is 15.8. The van der Waals surface area contributed by atoms with Crippen LogP contribution in [0.2, 0.25) is 0 Å². The molecule has 1 atom stereocenters. The van der Waals surface area contributed by atoms with Crippen molar-refractivity contribution >= 4 is 27.6 Å². The zero-order chi connectivity index (χ0) is 20.1. The molecule has 29 heavy (non-hydrogen) atoms. The molecule has 1 aliphatic heterocycles. The molecule has 3 heterocycles. The lowest BCUT2D eigenvalue weighted by molar-refractivity contribution is 0.0718. The van der Waals surface area contributed by atoms with Crippen LogP contribution in [-0.2, 0) is 6.54 Å². The van der Waals surface area contributed by atoms with Gasteiger partial charge in [-0.2, -0.15) is 0 Å². The Kier molecular flexibility index (Phi) is 3.99. The first-order chi connectivity index (χ1) is 14.0. The Morgan fingerprint density at radius 1 is 1.10 bits per heavy atom. The van der Waals surface area contributed by atoms with Gasteiger partial charge in [0, 0.05) is 42.3 Å². The van der Waals surface area contributed by atoms with Gasteiger partial charge in [-0.15, -0.1) is 0 Å². The monoisotopic (exact) mass is 390 g/mol. The Bertz CT molecular complexity index is 1290. The predicted octanol–water partition coefficient (Wildman–Crippen LogP) is 3.07. The summed E-state index contributed by atoms with van der Waals surface area (Å²) in [5, 5.41) is 5.20. The van der Waals surface area contributed by atoms with Crippen molar-refractivity contribution in [1.29, 1.82) is 0 Å². The Morgan fingerprint density at radius 2 is 1.93 bits per heavy atom. The van der Waals surface area contributed by atoms with Crippen LogP contribution >= 0.6 is 0 Å². The molecule has 2 aromatic heterocycles. The predicted molar refractivity (Wildman–Crippen MR) is 109 cm³/mol. The van der Waals surface area contributed by atoms with Gasteiger partial charge in [-0.25, -0.2) is 4.39 Å². The molecule has 0 spiro atoms. The van der Waals surface area contributed by atoms with Crippen LogP contribution in [0.25, 0.3) is 21.7 Å². The molecule has 0 bridgehead atoms. The van der Waals surface area contributed by atoms with Crippen molar-refractivity contribution in [1.82, 2.24) is 20.2 Å². The standard InChI is InChI=1S/C22H19FN4O2/c1-27(22(29)17-8-12-4-2-3-5-16(12)25-17)19-11-24-10-18-20(19)14-7-6-13(23)9-15(14)21(28)26-18/h2-9,19,24-25H,10-11H2,1H3,(H,26,28). The van der Waals surface area contributed by atoms with Crippen LogP contribution in [0.15, 0.2) is 53.3 Å². The minimum atomic E-state index is -0.462. The fraction of sp³-hybridized carbons (Fsp3) is 0.182. The second-order valence-electron chi connectivity index (χ2n) is 7.37. The number of nitrogens with zero attached hydrogens (tertiary/aromatic N) is 1. The third kappa shape index (κ3) is 2.82. The third-order valence-corrected chi connectivity index (χ3v) is 5.63. The number of carbonyl (C=O) groups excluding carboxylic acids is 1. The highest BCUT2D eigenvalue weighted by atomic mass is 19.1. The number of likely N-dealkylation sites (N-methyl/N-ethyl adjacent to an activating group) is 1. The molecular weight excluding hydrogens is 371 g/mol. The first-order valence-electron chi connectivity index (χ1n) is 9.43. The maximum atomic E-state index is 13.7. The van der Waals surface area contributed by atoms with Gasteiger partial charge in [0.25, 0.3) is 11.5 Å². The highest BCUT2D eigenvalue weighted by Crippen LogP contribution is 2.32. The molecule has 0 aliphatic carbocycles. The van der Waals surface area contributed by atoms with Gasteiger partial charge in [-0.3, -0.25) is 9.59 Å². The van der Waals surface area contributed by atoms with Gasteiger partial charge in [0.15, 0.2) is 0 Å². The summed E-state index contributed by atoms with van der Waals surface area (Å²) >= 11 is 0. The minimum Gasteiger partial charge on any atom is -0.351 e. The minimum absolute atomic E-state index is 0.151. The quantitative estimate of drug-likeness (QED) is 0.492. The van der Waals surface area contributed by atoms with E-state index in [4.69, 9.17) is 0 Å². The SMILES string of the molecule is CN(C(=O)c1cc2ccccc2[nH]1)C1CNCc2[nH]c(=O)c3cc(F)ccc3c21. The van der Waals surface area contributed by atoms with E-state index in [1.165, 1.54) is 12.1 Å². The van der Waals surface area contributed by atoms with E-state index in [-0.39, 0.29) is 17.5 Å². The largest absolute Gasteiger partial charge is 0.351 e. The van der Waals surface area contributed by atoms with Crippen molar-refractivity contribution in [2.45, 2.75) is 12.6 Å². The summed E-state index contributed by atoms with van der Waals surface area (Å²) in [4.78, 5) is 33.3. The van der Waals surface area contributed by atoms with Gasteiger partial charge >= 0.3 is 0 Å². The van der Waals surface area contributed by atoms with Crippen molar-refractivity contribution in [2.24, 2.45) is 0 Å². The van der Waals surface area contributed by atoms with Crippen LogP contribution in [0.4, 0.5) is 4.39 Å². The first-order valence-corrected chi connectivity index (χ1v) is 9.43. The van der Waals surface area contributed by atoms with E-state index >= 15 is 0 Å². The number of H-pyrrole nitrogens is 2. The normalized spacial score (nSPS) is 16.1. The number of aromatic nitrogens is 2.